The molecule has 0 atom stereocenters. The molecule has 0 saturated carbocycles. The molecule has 10 nitrogen and oxygen atoms in total. The Morgan fingerprint density at radius 2 is 0.885 bits per heavy atom. The van der Waals surface area contributed by atoms with Crippen molar-refractivity contribution in [2.45, 2.75) is 165 Å². The smallest absolute Gasteiger partial charge is 0.872 e. The Labute approximate surface area is 396 Å². The zero-order chi connectivity index (χ0) is 43.6. The van der Waals surface area contributed by atoms with Gasteiger partial charge in [0.25, 0.3) is 10.1 Å². The van der Waals surface area contributed by atoms with Gasteiger partial charge in [0.05, 0.1) is 4.90 Å². The standard InChI is InChI=1S/2C24H34O5S.Ca/c2*1-2-3-4-5-6-7-8-9-10-11-14-20-17-21(25)19-22(18-20)29-23-15-12-13-16-24(23)30(26,27)28;/h2*12-13,15-19,25H,2-11,14H2,1H3,(H,26,27,28);/q;;+2/p-2. The van der Waals surface area contributed by atoms with E-state index < -0.39 is 25.1 Å². The molecule has 0 radical (unpaired) electrons. The molecule has 4 rings (SSSR count). The summed E-state index contributed by atoms with van der Waals surface area (Å²) in [6, 6.07) is 21.1. The van der Waals surface area contributed by atoms with Crippen LogP contribution in [0.15, 0.2) is 94.7 Å². The van der Waals surface area contributed by atoms with E-state index in [1.807, 2.05) is 0 Å². The summed E-state index contributed by atoms with van der Waals surface area (Å²) in [6.07, 6.45) is 26.7. The number of ether oxygens (including phenoxy) is 2. The Bertz CT molecular complexity index is 1910. The predicted molar refractivity (Wildman–Crippen MR) is 242 cm³/mol. The zero-order valence-electron chi connectivity index (χ0n) is 36.3. The maximum Gasteiger partial charge on any atom is 2.00 e. The van der Waals surface area contributed by atoms with E-state index in [9.17, 15) is 36.2 Å². The number of hydrogen-bond acceptors (Lipinski definition) is 9. The quantitative estimate of drug-likeness (QED) is 0.0317. The Kier molecular flexibility index (Phi) is 27.0. The number of benzene rings is 4. The monoisotopic (exact) mass is 906 g/mol. The molecular weight excluding hydrogens is 841 g/mol. The molecule has 0 amide bonds. The van der Waals surface area contributed by atoms with Gasteiger partial charge in [-0.3, -0.25) is 4.55 Å². The van der Waals surface area contributed by atoms with Gasteiger partial charge in [-0.2, -0.15) is 8.42 Å². The Morgan fingerprint density at radius 1 is 0.508 bits per heavy atom. The van der Waals surface area contributed by atoms with Gasteiger partial charge in [0, 0.05) is 6.07 Å². The number of hydrogen-bond donors (Lipinski definition) is 2. The van der Waals surface area contributed by atoms with E-state index in [-0.39, 0.29) is 71.4 Å². The molecule has 0 spiro atoms. The molecule has 0 saturated heterocycles. The average Bonchev–Trinajstić information content (AvgIpc) is 3.19. The fourth-order valence-corrected chi connectivity index (χ4v) is 8.27. The van der Waals surface area contributed by atoms with E-state index in [0.29, 0.717) is 5.75 Å². The van der Waals surface area contributed by atoms with Gasteiger partial charge < -0.3 is 24.2 Å². The minimum atomic E-state index is -4.66. The Hall–Kier alpha value is -2.84. The minimum absolute atomic E-state index is 0. The van der Waals surface area contributed by atoms with Gasteiger partial charge in [0.1, 0.15) is 43.8 Å². The van der Waals surface area contributed by atoms with E-state index in [4.69, 9.17) is 9.47 Å². The zero-order valence-corrected chi connectivity index (χ0v) is 40.2. The summed E-state index contributed by atoms with van der Waals surface area (Å²) in [5.41, 5.74) is 1.80. The van der Waals surface area contributed by atoms with Crippen molar-refractivity contribution >= 4 is 58.0 Å². The topological polar surface area (TPSA) is 173 Å². The van der Waals surface area contributed by atoms with Crippen LogP contribution in [0.1, 0.15) is 153 Å². The molecule has 0 aromatic heterocycles. The second kappa shape index (κ2) is 30.3. The van der Waals surface area contributed by atoms with Crippen LogP contribution in [0.3, 0.4) is 0 Å². The van der Waals surface area contributed by atoms with Crippen molar-refractivity contribution in [1.82, 2.24) is 0 Å². The molecule has 4 aromatic rings. The summed E-state index contributed by atoms with van der Waals surface area (Å²) in [5.74, 6) is 0.420. The molecule has 0 fully saturated rings. The number of para-hydroxylation sites is 2. The van der Waals surface area contributed by atoms with Crippen molar-refractivity contribution in [3.8, 4) is 34.5 Å². The van der Waals surface area contributed by atoms with E-state index in [2.05, 4.69) is 13.8 Å². The molecule has 0 bridgehead atoms. The van der Waals surface area contributed by atoms with Crippen molar-refractivity contribution in [3.05, 3.63) is 96.1 Å². The summed E-state index contributed by atoms with van der Waals surface area (Å²) in [5, 5.41) is 22.0. The van der Waals surface area contributed by atoms with E-state index in [0.717, 1.165) is 49.7 Å². The summed E-state index contributed by atoms with van der Waals surface area (Å²) in [6.45, 7) is 4.47. The van der Waals surface area contributed by atoms with Gasteiger partial charge in [0.15, 0.2) is 0 Å². The summed E-state index contributed by atoms with van der Waals surface area (Å²) in [4.78, 5) is -0.734. The molecule has 4 aromatic carbocycles. The van der Waals surface area contributed by atoms with E-state index >= 15 is 0 Å². The van der Waals surface area contributed by atoms with Crippen molar-refractivity contribution < 1.29 is 45.6 Å². The third-order valence-electron chi connectivity index (χ3n) is 10.2. The molecule has 0 aliphatic heterocycles. The van der Waals surface area contributed by atoms with Gasteiger partial charge in [-0.05, 0) is 85.3 Å². The second-order valence-corrected chi connectivity index (χ2v) is 18.3. The van der Waals surface area contributed by atoms with Crippen molar-refractivity contribution in [3.63, 3.8) is 0 Å². The molecule has 13 heteroatoms. The number of phenols is 1. The first kappa shape index (κ1) is 54.3. The van der Waals surface area contributed by atoms with Crippen molar-refractivity contribution in [1.29, 1.82) is 0 Å². The molecule has 332 valence electrons. The van der Waals surface area contributed by atoms with Crippen molar-refractivity contribution in [2.24, 2.45) is 0 Å². The van der Waals surface area contributed by atoms with Crippen LogP contribution in [0.5, 0.6) is 34.5 Å². The third kappa shape index (κ3) is 22.9. The summed E-state index contributed by atoms with van der Waals surface area (Å²) >= 11 is 0. The normalized spacial score (nSPS) is 11.3. The Balaban J connectivity index is 0.000000413. The molecule has 0 heterocycles. The Morgan fingerprint density at radius 3 is 1.33 bits per heavy atom. The molecule has 0 aliphatic carbocycles. The van der Waals surface area contributed by atoms with Gasteiger partial charge >= 0.3 is 37.7 Å². The summed E-state index contributed by atoms with van der Waals surface area (Å²) < 4.78 is 77.8. The largest absolute Gasteiger partial charge is 2.00 e. The molecule has 2 N–H and O–H groups in total. The van der Waals surface area contributed by atoms with Gasteiger partial charge in [-0.1, -0.05) is 160 Å². The number of phenolic OH excluding ortho intramolecular Hbond substituents is 1. The third-order valence-corrected chi connectivity index (χ3v) is 12.0. The first-order valence-electron chi connectivity index (χ1n) is 21.9. The van der Waals surface area contributed by atoms with Crippen LogP contribution in [0.25, 0.3) is 0 Å². The maximum absolute atomic E-state index is 12.0. The average molecular weight is 907 g/mol. The molecule has 61 heavy (non-hydrogen) atoms. The van der Waals surface area contributed by atoms with Gasteiger partial charge in [-0.25, -0.2) is 8.42 Å². The predicted octanol–water partition coefficient (Wildman–Crippen LogP) is 12.4. The van der Waals surface area contributed by atoms with Crippen LogP contribution >= 0.6 is 0 Å². The molecular formula is C48H66CaO10S2. The minimum Gasteiger partial charge on any atom is -0.872 e. The maximum atomic E-state index is 12.0. The van der Waals surface area contributed by atoms with E-state index in [1.165, 1.54) is 151 Å². The van der Waals surface area contributed by atoms with Gasteiger partial charge in [-0.15, -0.1) is 5.75 Å². The summed E-state index contributed by atoms with van der Waals surface area (Å²) in [7, 11) is -9.05. The first-order chi connectivity index (χ1) is 28.8. The fourth-order valence-electron chi connectivity index (χ4n) is 7.06. The van der Waals surface area contributed by atoms with Crippen LogP contribution in [0, 0.1) is 0 Å². The number of unbranched alkanes of at least 4 members (excludes halogenated alkanes) is 18. The number of rotatable bonds is 28. The van der Waals surface area contributed by atoms with Crippen LogP contribution < -0.4 is 14.6 Å². The first-order valence-corrected chi connectivity index (χ1v) is 24.8. The SMILES string of the molecule is CCCCCCCCCCCCc1cc(O)cc(Oc2ccccc2S(=O)(=O)O)c1.CCCCCCCCCCCCc1cc([O-])cc(Oc2ccccc2S(=O)(=O)[O-])c1.[Ca+2]. The number of aromatic hydroxyl groups is 1. The van der Waals surface area contributed by atoms with Crippen LogP contribution in [-0.2, 0) is 33.1 Å². The van der Waals surface area contributed by atoms with E-state index in [1.54, 1.807) is 36.4 Å². The van der Waals surface area contributed by atoms with Crippen LogP contribution in [0.2, 0.25) is 0 Å². The second-order valence-electron chi connectivity index (χ2n) is 15.5. The van der Waals surface area contributed by atoms with Gasteiger partial charge in [0.2, 0.25) is 0 Å². The number of aryl methyl sites for hydroxylation is 2. The van der Waals surface area contributed by atoms with Crippen LogP contribution in [-0.4, -0.2) is 68.8 Å². The van der Waals surface area contributed by atoms with Crippen molar-refractivity contribution in [2.75, 3.05) is 0 Å². The molecule has 0 unspecified atom stereocenters. The molecule has 0 aliphatic rings. The fraction of sp³-hybridized carbons (Fsp3) is 0.500. The van der Waals surface area contributed by atoms with Crippen LogP contribution in [0.4, 0.5) is 0 Å².